The van der Waals surface area contributed by atoms with Crippen molar-refractivity contribution in [1.29, 1.82) is 0 Å². The summed E-state index contributed by atoms with van der Waals surface area (Å²) in [6.45, 7) is 0.584. The first-order valence-corrected chi connectivity index (χ1v) is 10.8. The average Bonchev–Trinajstić information content (AvgIpc) is 3.29. The normalized spacial score (nSPS) is 15.5. The van der Waals surface area contributed by atoms with Gasteiger partial charge in [0.05, 0.1) is 17.8 Å². The Morgan fingerprint density at radius 2 is 2.12 bits per heavy atom. The smallest absolute Gasteiger partial charge is 0.296 e. The number of carbonyl (C=O) groups is 4. The highest BCUT2D eigenvalue weighted by atomic mass is 16.2. The minimum atomic E-state index is -0.447. The summed E-state index contributed by atoms with van der Waals surface area (Å²) in [4.78, 5) is 49.1. The summed E-state index contributed by atoms with van der Waals surface area (Å²) >= 11 is 0. The second-order valence-corrected chi connectivity index (χ2v) is 8.14. The van der Waals surface area contributed by atoms with Crippen molar-refractivity contribution in [1.82, 2.24) is 25.7 Å². The van der Waals surface area contributed by atoms with Crippen molar-refractivity contribution in [3.63, 3.8) is 0 Å². The van der Waals surface area contributed by atoms with Crippen LogP contribution in [-0.2, 0) is 27.5 Å². The zero-order valence-electron chi connectivity index (χ0n) is 18.6. The van der Waals surface area contributed by atoms with Crippen molar-refractivity contribution in [2.45, 2.75) is 32.0 Å². The number of hydrogen-bond acceptors (Lipinski definition) is 6. The van der Waals surface area contributed by atoms with E-state index in [1.54, 1.807) is 25.4 Å². The molecule has 1 aliphatic heterocycles. The first-order valence-electron chi connectivity index (χ1n) is 10.8. The molecule has 1 atom stereocenters. The number of carbonyl (C=O) groups excluding carboxylic acids is 4. The number of H-pyrrole nitrogens is 1. The van der Waals surface area contributed by atoms with E-state index in [4.69, 9.17) is 0 Å². The summed E-state index contributed by atoms with van der Waals surface area (Å²) in [6.07, 6.45) is 3.17. The van der Waals surface area contributed by atoms with E-state index in [2.05, 4.69) is 32.7 Å². The van der Waals surface area contributed by atoms with Gasteiger partial charge < -0.3 is 5.32 Å². The minimum Gasteiger partial charge on any atom is -0.341 e. The lowest BCUT2D eigenvalue weighted by molar-refractivity contribution is -0.137. The molecule has 172 valence electrons. The number of imide groups is 1. The molecule has 1 aliphatic rings. The van der Waals surface area contributed by atoms with Crippen molar-refractivity contribution < 1.29 is 19.2 Å². The molecule has 1 unspecified atom stereocenters. The maximum absolute atomic E-state index is 12.2. The number of piperidine rings is 1. The topological polar surface area (TPSA) is 124 Å². The molecule has 0 saturated carbocycles. The van der Waals surface area contributed by atoms with Crippen LogP contribution in [0.25, 0.3) is 10.9 Å². The van der Waals surface area contributed by atoms with Crippen molar-refractivity contribution in [2.75, 3.05) is 7.05 Å². The number of aromatic nitrogens is 2. The van der Waals surface area contributed by atoms with E-state index < -0.39 is 11.9 Å². The fraction of sp³-hybridized carbons (Fsp3) is 0.240. The van der Waals surface area contributed by atoms with Crippen LogP contribution in [0.1, 0.15) is 39.9 Å². The second kappa shape index (κ2) is 10.1. The van der Waals surface area contributed by atoms with E-state index in [1.807, 2.05) is 29.2 Å². The third-order valence-corrected chi connectivity index (χ3v) is 5.71. The standard InChI is InChI=1S/C25H23N5O4/c1-30(22-7-9-24(33)28-25(22)34)14-20-11-17(2-5-18(20)15-31)12-26-23(32)8-4-16-3-6-21-19(10-16)13-27-29-21/h2-3,5-6,10-11,13,15,22H,7,9,12,14H2,1H3,(H,26,32)(H,27,29)(H,28,33,34). The number of amides is 3. The van der Waals surface area contributed by atoms with Crippen molar-refractivity contribution in [3.05, 3.63) is 64.8 Å². The summed E-state index contributed by atoms with van der Waals surface area (Å²) in [5, 5.41) is 12.8. The Morgan fingerprint density at radius 3 is 2.91 bits per heavy atom. The Bertz CT molecular complexity index is 1330. The molecule has 3 N–H and O–H groups in total. The van der Waals surface area contributed by atoms with Gasteiger partial charge >= 0.3 is 0 Å². The van der Waals surface area contributed by atoms with Crippen molar-refractivity contribution in [2.24, 2.45) is 0 Å². The molecule has 0 radical (unpaired) electrons. The van der Waals surface area contributed by atoms with Crippen LogP contribution in [-0.4, -0.2) is 52.2 Å². The predicted octanol–water partition coefficient (Wildman–Crippen LogP) is 1.28. The molecule has 0 bridgehead atoms. The zero-order chi connectivity index (χ0) is 24.1. The highest BCUT2D eigenvalue weighted by molar-refractivity contribution is 6.00. The summed E-state index contributed by atoms with van der Waals surface area (Å²) in [6, 6.07) is 10.3. The minimum absolute atomic E-state index is 0.239. The van der Waals surface area contributed by atoms with Gasteiger partial charge in [-0.25, -0.2) is 0 Å². The van der Waals surface area contributed by atoms with Gasteiger partial charge in [0.15, 0.2) is 0 Å². The lowest BCUT2D eigenvalue weighted by Gasteiger charge is -2.30. The van der Waals surface area contributed by atoms with Crippen LogP contribution in [0, 0.1) is 11.8 Å². The summed E-state index contributed by atoms with van der Waals surface area (Å²) < 4.78 is 0. The molecule has 2 aromatic carbocycles. The van der Waals surface area contributed by atoms with E-state index in [9.17, 15) is 19.2 Å². The molecule has 0 aliphatic carbocycles. The number of hydrogen-bond donors (Lipinski definition) is 3. The molecule has 1 fully saturated rings. The van der Waals surface area contributed by atoms with E-state index in [0.29, 0.717) is 24.1 Å². The molecule has 0 spiro atoms. The molecule has 2 heterocycles. The van der Waals surface area contributed by atoms with Gasteiger partial charge in [-0.05, 0) is 42.8 Å². The molecular weight excluding hydrogens is 434 g/mol. The van der Waals surface area contributed by atoms with Gasteiger partial charge in [-0.15, -0.1) is 0 Å². The Hall–Kier alpha value is -4.29. The third kappa shape index (κ3) is 5.36. The SMILES string of the molecule is CN(Cc1cc(CNC(=O)C#Cc2ccc3[nH]ncc3c2)ccc1C=O)C1CCC(=O)NC1=O. The van der Waals surface area contributed by atoms with E-state index in [1.165, 1.54) is 0 Å². The molecule has 1 saturated heterocycles. The zero-order valence-corrected chi connectivity index (χ0v) is 18.6. The quantitative estimate of drug-likeness (QED) is 0.291. The van der Waals surface area contributed by atoms with Gasteiger partial charge in [0.25, 0.3) is 5.91 Å². The Morgan fingerprint density at radius 1 is 1.26 bits per heavy atom. The molecule has 4 rings (SSSR count). The fourth-order valence-corrected chi connectivity index (χ4v) is 3.88. The van der Waals surface area contributed by atoms with Gasteiger partial charge in [0.2, 0.25) is 11.8 Å². The Labute approximate surface area is 195 Å². The van der Waals surface area contributed by atoms with Gasteiger partial charge in [0.1, 0.15) is 6.29 Å². The van der Waals surface area contributed by atoms with E-state index >= 15 is 0 Å². The number of nitrogens with zero attached hydrogens (tertiary/aromatic N) is 2. The predicted molar refractivity (Wildman–Crippen MR) is 124 cm³/mol. The van der Waals surface area contributed by atoms with Crippen molar-refractivity contribution >= 4 is 34.9 Å². The maximum atomic E-state index is 12.2. The summed E-state index contributed by atoms with van der Waals surface area (Å²) in [5.74, 6) is 4.40. The number of benzene rings is 2. The van der Waals surface area contributed by atoms with E-state index in [0.717, 1.165) is 28.3 Å². The number of likely N-dealkylation sites (N-methyl/N-ethyl adjacent to an activating group) is 1. The monoisotopic (exact) mass is 457 g/mol. The van der Waals surface area contributed by atoms with E-state index in [-0.39, 0.29) is 24.8 Å². The summed E-state index contributed by atoms with van der Waals surface area (Å²) in [7, 11) is 1.78. The van der Waals surface area contributed by atoms with Crippen LogP contribution in [0.4, 0.5) is 0 Å². The van der Waals surface area contributed by atoms with Crippen LogP contribution < -0.4 is 10.6 Å². The van der Waals surface area contributed by atoms with Crippen LogP contribution in [0.2, 0.25) is 0 Å². The molecule has 1 aromatic heterocycles. The maximum Gasteiger partial charge on any atom is 0.296 e. The molecule has 34 heavy (non-hydrogen) atoms. The van der Waals surface area contributed by atoms with Gasteiger partial charge in [-0.1, -0.05) is 24.1 Å². The van der Waals surface area contributed by atoms with Crippen LogP contribution in [0.15, 0.2) is 42.6 Å². The Balaban J connectivity index is 1.39. The van der Waals surface area contributed by atoms with Crippen LogP contribution in [0.3, 0.4) is 0 Å². The fourth-order valence-electron chi connectivity index (χ4n) is 3.88. The second-order valence-electron chi connectivity index (χ2n) is 8.14. The van der Waals surface area contributed by atoms with Crippen LogP contribution >= 0.6 is 0 Å². The Kier molecular flexibility index (Phi) is 6.80. The number of aromatic amines is 1. The first-order chi connectivity index (χ1) is 16.4. The lowest BCUT2D eigenvalue weighted by atomic mass is 10.0. The average molecular weight is 457 g/mol. The highest BCUT2D eigenvalue weighted by Crippen LogP contribution is 2.18. The van der Waals surface area contributed by atoms with Gasteiger partial charge in [-0.2, -0.15) is 5.10 Å². The number of nitrogens with one attached hydrogen (secondary N) is 3. The number of rotatable bonds is 6. The van der Waals surface area contributed by atoms with Gasteiger partial charge in [-0.3, -0.25) is 34.5 Å². The lowest BCUT2D eigenvalue weighted by Crippen LogP contribution is -2.51. The van der Waals surface area contributed by atoms with Crippen LogP contribution in [0.5, 0.6) is 0 Å². The van der Waals surface area contributed by atoms with Crippen molar-refractivity contribution in [3.8, 4) is 11.8 Å². The molecular formula is C25H23N5O4. The first kappa shape index (κ1) is 22.9. The molecule has 3 aromatic rings. The van der Waals surface area contributed by atoms with Gasteiger partial charge in [0, 0.05) is 41.9 Å². The largest absolute Gasteiger partial charge is 0.341 e. The summed E-state index contributed by atoms with van der Waals surface area (Å²) in [5.41, 5.74) is 3.63. The molecule has 9 heteroatoms. The third-order valence-electron chi connectivity index (χ3n) is 5.71. The number of aldehydes is 1. The molecule has 9 nitrogen and oxygen atoms in total. The molecule has 3 amide bonds. The number of fused-ring (bicyclic) bond motifs is 1. The highest BCUT2D eigenvalue weighted by Gasteiger charge is 2.30.